The van der Waals surface area contributed by atoms with E-state index in [9.17, 15) is 5.11 Å². The number of aliphatic hydroxyl groups excluding tert-OH is 1. The van der Waals surface area contributed by atoms with Gasteiger partial charge in [-0.1, -0.05) is 53.6 Å². The van der Waals surface area contributed by atoms with Gasteiger partial charge in [-0.05, 0) is 31.0 Å². The van der Waals surface area contributed by atoms with Gasteiger partial charge in [-0.15, -0.1) is 0 Å². The lowest BCUT2D eigenvalue weighted by molar-refractivity contribution is 0.219. The zero-order chi connectivity index (χ0) is 12.4. The Labute approximate surface area is 107 Å². The molecule has 0 amide bonds. The normalized spacial score (nSPS) is 12.5. The number of aliphatic hydroxyl groups is 1. The van der Waals surface area contributed by atoms with Crippen molar-refractivity contribution in [2.75, 3.05) is 0 Å². The third-order valence-electron chi connectivity index (χ3n) is 2.92. The average molecular weight is 247 g/mol. The van der Waals surface area contributed by atoms with E-state index in [1.807, 2.05) is 44.2 Å². The number of aryl methyl sites for hydroxylation is 2. The van der Waals surface area contributed by atoms with E-state index in [-0.39, 0.29) is 0 Å². The molecule has 2 rings (SSSR count). The molecule has 0 saturated heterocycles. The van der Waals surface area contributed by atoms with Crippen LogP contribution in [0.15, 0.2) is 42.5 Å². The number of halogens is 1. The predicted octanol–water partition coefficient (Wildman–Crippen LogP) is 4.04. The van der Waals surface area contributed by atoms with Crippen LogP contribution >= 0.6 is 11.6 Å². The first-order chi connectivity index (χ1) is 8.09. The summed E-state index contributed by atoms with van der Waals surface area (Å²) in [6.07, 6.45) is -0.663. The van der Waals surface area contributed by atoms with Crippen molar-refractivity contribution in [2.45, 2.75) is 20.0 Å². The van der Waals surface area contributed by atoms with Gasteiger partial charge in [0.2, 0.25) is 0 Å². The van der Waals surface area contributed by atoms with Crippen LogP contribution in [0.2, 0.25) is 5.02 Å². The summed E-state index contributed by atoms with van der Waals surface area (Å²) in [5, 5.41) is 11.0. The van der Waals surface area contributed by atoms with E-state index >= 15 is 0 Å². The van der Waals surface area contributed by atoms with Crippen LogP contribution in [0, 0.1) is 13.8 Å². The molecule has 1 atom stereocenters. The molecule has 2 aromatic carbocycles. The van der Waals surface area contributed by atoms with Crippen LogP contribution in [0.4, 0.5) is 0 Å². The van der Waals surface area contributed by atoms with Crippen molar-refractivity contribution in [1.29, 1.82) is 0 Å². The molecule has 0 unspecified atom stereocenters. The van der Waals surface area contributed by atoms with E-state index < -0.39 is 6.10 Å². The fraction of sp³-hybridized carbons (Fsp3) is 0.200. The molecule has 0 fully saturated rings. The fourth-order valence-corrected chi connectivity index (χ4v) is 2.24. The van der Waals surface area contributed by atoms with E-state index in [2.05, 4.69) is 6.07 Å². The summed E-state index contributed by atoms with van der Waals surface area (Å²) < 4.78 is 0. The first kappa shape index (κ1) is 12.2. The Morgan fingerprint density at radius 1 is 1.00 bits per heavy atom. The highest BCUT2D eigenvalue weighted by molar-refractivity contribution is 6.31. The first-order valence-electron chi connectivity index (χ1n) is 5.59. The van der Waals surface area contributed by atoms with Gasteiger partial charge >= 0.3 is 0 Å². The van der Waals surface area contributed by atoms with Gasteiger partial charge in [-0.3, -0.25) is 0 Å². The van der Waals surface area contributed by atoms with E-state index in [1.54, 1.807) is 6.07 Å². The predicted molar refractivity (Wildman–Crippen MR) is 71.4 cm³/mol. The summed E-state index contributed by atoms with van der Waals surface area (Å²) in [6.45, 7) is 4.04. The minimum atomic E-state index is -0.663. The summed E-state index contributed by atoms with van der Waals surface area (Å²) in [5.41, 5.74) is 3.93. The van der Waals surface area contributed by atoms with Crippen molar-refractivity contribution in [1.82, 2.24) is 0 Å². The molecule has 2 heteroatoms. The van der Waals surface area contributed by atoms with Crippen molar-refractivity contribution in [3.05, 3.63) is 69.7 Å². The van der Waals surface area contributed by atoms with Gasteiger partial charge in [0.1, 0.15) is 6.10 Å². The van der Waals surface area contributed by atoms with Crippen LogP contribution in [0.1, 0.15) is 28.4 Å². The molecule has 2 aromatic rings. The third-order valence-corrected chi connectivity index (χ3v) is 3.26. The maximum atomic E-state index is 10.4. The zero-order valence-electron chi connectivity index (χ0n) is 9.94. The molecule has 17 heavy (non-hydrogen) atoms. The molecule has 0 aliphatic rings. The van der Waals surface area contributed by atoms with Crippen molar-refractivity contribution in [3.8, 4) is 0 Å². The maximum absolute atomic E-state index is 10.4. The lowest BCUT2D eigenvalue weighted by atomic mass is 9.96. The largest absolute Gasteiger partial charge is 0.384 e. The zero-order valence-corrected chi connectivity index (χ0v) is 10.7. The van der Waals surface area contributed by atoms with Crippen LogP contribution in [0.5, 0.6) is 0 Å². The SMILES string of the molecule is Cc1ccc([C@H](O)c2ccccc2Cl)c(C)c1. The number of benzene rings is 2. The van der Waals surface area contributed by atoms with Crippen molar-refractivity contribution in [2.24, 2.45) is 0 Å². The maximum Gasteiger partial charge on any atom is 0.106 e. The lowest BCUT2D eigenvalue weighted by Gasteiger charge is -2.15. The van der Waals surface area contributed by atoms with Gasteiger partial charge in [0, 0.05) is 10.6 Å². The highest BCUT2D eigenvalue weighted by atomic mass is 35.5. The van der Waals surface area contributed by atoms with Gasteiger partial charge in [0.25, 0.3) is 0 Å². The van der Waals surface area contributed by atoms with E-state index in [0.717, 1.165) is 16.7 Å². The van der Waals surface area contributed by atoms with Crippen LogP contribution < -0.4 is 0 Å². The molecular weight excluding hydrogens is 232 g/mol. The molecule has 1 N–H and O–H groups in total. The minimum Gasteiger partial charge on any atom is -0.384 e. The van der Waals surface area contributed by atoms with Crippen LogP contribution in [-0.2, 0) is 0 Å². The van der Waals surface area contributed by atoms with Crippen molar-refractivity contribution < 1.29 is 5.11 Å². The second kappa shape index (κ2) is 4.91. The number of hydrogen-bond acceptors (Lipinski definition) is 1. The standard InChI is InChI=1S/C15H15ClO/c1-10-7-8-12(11(2)9-10)15(17)13-5-3-4-6-14(13)16/h3-9,15,17H,1-2H3/t15-/m0/s1. The smallest absolute Gasteiger partial charge is 0.106 e. The van der Waals surface area contributed by atoms with Crippen LogP contribution in [0.25, 0.3) is 0 Å². The molecule has 88 valence electrons. The Balaban J connectivity index is 2.44. The summed E-state index contributed by atoms with van der Waals surface area (Å²) in [7, 11) is 0. The molecule has 0 heterocycles. The molecule has 1 nitrogen and oxygen atoms in total. The quantitative estimate of drug-likeness (QED) is 0.848. The Hall–Kier alpha value is -1.31. The van der Waals surface area contributed by atoms with Crippen LogP contribution in [-0.4, -0.2) is 5.11 Å². The van der Waals surface area contributed by atoms with E-state index in [0.29, 0.717) is 5.02 Å². The molecule has 0 aliphatic carbocycles. The molecule has 0 aromatic heterocycles. The Bertz CT molecular complexity index is 534. The fourth-order valence-electron chi connectivity index (χ4n) is 2.00. The Morgan fingerprint density at radius 2 is 1.71 bits per heavy atom. The number of rotatable bonds is 2. The van der Waals surface area contributed by atoms with Crippen molar-refractivity contribution in [3.63, 3.8) is 0 Å². The lowest BCUT2D eigenvalue weighted by Crippen LogP contribution is -2.02. The van der Waals surface area contributed by atoms with E-state index in [1.165, 1.54) is 5.56 Å². The molecule has 0 spiro atoms. The summed E-state index contributed by atoms with van der Waals surface area (Å²) >= 11 is 6.09. The Kier molecular flexibility index (Phi) is 3.51. The summed E-state index contributed by atoms with van der Waals surface area (Å²) in [5.74, 6) is 0. The second-order valence-electron chi connectivity index (χ2n) is 4.28. The topological polar surface area (TPSA) is 20.2 Å². The number of hydrogen-bond donors (Lipinski definition) is 1. The minimum absolute atomic E-state index is 0.597. The first-order valence-corrected chi connectivity index (χ1v) is 5.97. The van der Waals surface area contributed by atoms with Crippen molar-refractivity contribution >= 4 is 11.6 Å². The van der Waals surface area contributed by atoms with Crippen LogP contribution in [0.3, 0.4) is 0 Å². The molecule has 0 radical (unpaired) electrons. The highest BCUT2D eigenvalue weighted by Crippen LogP contribution is 2.29. The van der Waals surface area contributed by atoms with Gasteiger partial charge in [-0.2, -0.15) is 0 Å². The van der Waals surface area contributed by atoms with Gasteiger partial charge in [0.05, 0.1) is 0 Å². The average Bonchev–Trinajstić information content (AvgIpc) is 2.29. The highest BCUT2D eigenvalue weighted by Gasteiger charge is 2.15. The van der Waals surface area contributed by atoms with Gasteiger partial charge in [-0.25, -0.2) is 0 Å². The van der Waals surface area contributed by atoms with E-state index in [4.69, 9.17) is 11.6 Å². The van der Waals surface area contributed by atoms with Gasteiger partial charge < -0.3 is 5.11 Å². The molecular formula is C15H15ClO. The molecule has 0 aliphatic heterocycles. The molecule has 0 saturated carbocycles. The third kappa shape index (κ3) is 2.51. The monoisotopic (exact) mass is 246 g/mol. The van der Waals surface area contributed by atoms with Gasteiger partial charge in [0.15, 0.2) is 0 Å². The molecule has 0 bridgehead atoms. The summed E-state index contributed by atoms with van der Waals surface area (Å²) in [4.78, 5) is 0. The Morgan fingerprint density at radius 3 is 2.35 bits per heavy atom. The second-order valence-corrected chi connectivity index (χ2v) is 4.69. The summed E-state index contributed by atoms with van der Waals surface area (Å²) in [6, 6.07) is 13.4.